The number of aromatic amines is 1. The van der Waals surface area contributed by atoms with Crippen molar-refractivity contribution < 1.29 is 9.26 Å². The number of rotatable bonds is 4. The standard InChI is InChI=1S/C12H12N4O2S/c1-17-9-4-2-3-8-11(9)15-12(19)16(8)6-5-10-13-7-14-18-10/h2-4,7H,5-6H2,1H3,(H,15,19). The molecule has 1 aromatic carbocycles. The zero-order valence-corrected chi connectivity index (χ0v) is 11.1. The Hall–Kier alpha value is -2.15. The predicted octanol–water partition coefficient (Wildman–Crippen LogP) is 2.33. The number of nitrogens with zero attached hydrogens (tertiary/aromatic N) is 3. The highest BCUT2D eigenvalue weighted by Crippen LogP contribution is 2.24. The number of H-pyrrole nitrogens is 1. The second-order valence-electron chi connectivity index (χ2n) is 4.02. The minimum atomic E-state index is 0.596. The second-order valence-corrected chi connectivity index (χ2v) is 4.41. The summed E-state index contributed by atoms with van der Waals surface area (Å²) in [6, 6.07) is 5.83. The van der Waals surface area contributed by atoms with Gasteiger partial charge in [0.2, 0.25) is 5.89 Å². The molecule has 0 saturated carbocycles. The second kappa shape index (κ2) is 4.85. The summed E-state index contributed by atoms with van der Waals surface area (Å²) in [6.45, 7) is 0.675. The first kappa shape index (κ1) is 11.9. The van der Waals surface area contributed by atoms with E-state index in [1.165, 1.54) is 6.33 Å². The molecule has 7 heteroatoms. The van der Waals surface area contributed by atoms with Crippen molar-refractivity contribution in [2.45, 2.75) is 13.0 Å². The molecule has 98 valence electrons. The molecular formula is C12H12N4O2S. The first-order valence-electron chi connectivity index (χ1n) is 5.80. The highest BCUT2D eigenvalue weighted by atomic mass is 32.1. The third-order valence-corrected chi connectivity index (χ3v) is 3.27. The van der Waals surface area contributed by atoms with Crippen molar-refractivity contribution in [2.24, 2.45) is 0 Å². The average Bonchev–Trinajstić information content (AvgIpc) is 3.03. The van der Waals surface area contributed by atoms with Gasteiger partial charge in [0.25, 0.3) is 0 Å². The molecule has 0 spiro atoms. The smallest absolute Gasteiger partial charge is 0.228 e. The molecule has 0 aliphatic carbocycles. The van der Waals surface area contributed by atoms with Crippen LogP contribution < -0.4 is 4.74 Å². The van der Waals surface area contributed by atoms with Crippen LogP contribution in [0.1, 0.15) is 5.89 Å². The van der Waals surface area contributed by atoms with E-state index in [2.05, 4.69) is 15.1 Å². The Balaban J connectivity index is 1.99. The molecule has 3 rings (SSSR count). The van der Waals surface area contributed by atoms with Crippen LogP contribution in [0.2, 0.25) is 0 Å². The number of fused-ring (bicyclic) bond motifs is 1. The van der Waals surface area contributed by atoms with Gasteiger partial charge >= 0.3 is 0 Å². The Kier molecular flexibility index (Phi) is 3.04. The zero-order valence-electron chi connectivity index (χ0n) is 10.3. The molecule has 0 saturated heterocycles. The van der Waals surface area contributed by atoms with Gasteiger partial charge in [-0.15, -0.1) is 0 Å². The summed E-state index contributed by atoms with van der Waals surface area (Å²) in [5.74, 6) is 1.37. The van der Waals surface area contributed by atoms with Crippen LogP contribution in [0.5, 0.6) is 5.75 Å². The molecule has 0 fully saturated rings. The lowest BCUT2D eigenvalue weighted by molar-refractivity contribution is 0.371. The van der Waals surface area contributed by atoms with Crippen molar-refractivity contribution in [3.63, 3.8) is 0 Å². The van der Waals surface area contributed by atoms with Crippen molar-refractivity contribution in [1.29, 1.82) is 0 Å². The Morgan fingerprint density at radius 3 is 3.11 bits per heavy atom. The number of hydrogen-bond acceptors (Lipinski definition) is 5. The topological polar surface area (TPSA) is 68.9 Å². The van der Waals surface area contributed by atoms with Crippen molar-refractivity contribution in [3.05, 3.63) is 35.2 Å². The van der Waals surface area contributed by atoms with Gasteiger partial charge in [-0.05, 0) is 24.4 Å². The molecule has 1 N–H and O–H groups in total. The molecule has 0 atom stereocenters. The molecule has 0 bridgehead atoms. The quantitative estimate of drug-likeness (QED) is 0.741. The molecule has 2 heterocycles. The fraction of sp³-hybridized carbons (Fsp3) is 0.250. The number of para-hydroxylation sites is 1. The lowest BCUT2D eigenvalue weighted by atomic mass is 10.3. The fourth-order valence-corrected chi connectivity index (χ4v) is 2.35. The van der Waals surface area contributed by atoms with Gasteiger partial charge in [-0.2, -0.15) is 4.98 Å². The number of hydrogen-bond donors (Lipinski definition) is 1. The highest BCUT2D eigenvalue weighted by molar-refractivity contribution is 7.71. The normalized spacial score (nSPS) is 11.0. The molecule has 6 nitrogen and oxygen atoms in total. The molecule has 2 aromatic heterocycles. The van der Waals surface area contributed by atoms with Gasteiger partial charge in [-0.1, -0.05) is 11.2 Å². The first-order chi connectivity index (χ1) is 9.29. The van der Waals surface area contributed by atoms with E-state index in [1.807, 2.05) is 22.8 Å². The SMILES string of the molecule is COc1cccc2c1[nH]c(=S)n2CCc1ncno1. The Morgan fingerprint density at radius 2 is 2.37 bits per heavy atom. The number of imidazole rings is 1. The molecule has 3 aromatic rings. The van der Waals surface area contributed by atoms with E-state index in [9.17, 15) is 0 Å². The van der Waals surface area contributed by atoms with Crippen molar-refractivity contribution in [3.8, 4) is 5.75 Å². The van der Waals surface area contributed by atoms with Crippen LogP contribution in [0.4, 0.5) is 0 Å². The maximum atomic E-state index is 5.34. The Morgan fingerprint density at radius 1 is 1.47 bits per heavy atom. The van der Waals surface area contributed by atoms with E-state index >= 15 is 0 Å². The average molecular weight is 276 g/mol. The largest absolute Gasteiger partial charge is 0.494 e. The lowest BCUT2D eigenvalue weighted by Crippen LogP contribution is -2.01. The van der Waals surface area contributed by atoms with Gasteiger partial charge in [0.15, 0.2) is 11.1 Å². The predicted molar refractivity (Wildman–Crippen MR) is 71.7 cm³/mol. The van der Waals surface area contributed by atoms with Crippen LogP contribution in [0, 0.1) is 4.77 Å². The van der Waals surface area contributed by atoms with Gasteiger partial charge < -0.3 is 18.8 Å². The maximum Gasteiger partial charge on any atom is 0.228 e. The number of aryl methyl sites for hydroxylation is 2. The van der Waals surface area contributed by atoms with Crippen LogP contribution in [0.15, 0.2) is 29.0 Å². The summed E-state index contributed by atoms with van der Waals surface area (Å²) < 4.78 is 12.9. The third-order valence-electron chi connectivity index (χ3n) is 2.95. The lowest BCUT2D eigenvalue weighted by Gasteiger charge is -2.03. The molecular weight excluding hydrogens is 264 g/mol. The molecule has 19 heavy (non-hydrogen) atoms. The Bertz CT molecular complexity index is 745. The van der Waals surface area contributed by atoms with Gasteiger partial charge in [0.05, 0.1) is 12.6 Å². The van der Waals surface area contributed by atoms with E-state index in [1.54, 1.807) is 7.11 Å². The molecule has 0 aliphatic heterocycles. The van der Waals surface area contributed by atoms with Gasteiger partial charge in [-0.25, -0.2) is 0 Å². The summed E-state index contributed by atoms with van der Waals surface area (Å²) in [5.41, 5.74) is 1.91. The Labute approximate surface area is 114 Å². The summed E-state index contributed by atoms with van der Waals surface area (Å²) in [5, 5.41) is 3.59. The van der Waals surface area contributed by atoms with Gasteiger partial charge in [-0.3, -0.25) is 0 Å². The minimum absolute atomic E-state index is 0.596. The molecule has 0 aliphatic rings. The maximum absolute atomic E-state index is 5.34. The van der Waals surface area contributed by atoms with Crippen molar-refractivity contribution in [2.75, 3.05) is 7.11 Å². The highest BCUT2D eigenvalue weighted by Gasteiger charge is 2.09. The summed E-state index contributed by atoms with van der Waals surface area (Å²) >= 11 is 5.34. The van der Waals surface area contributed by atoms with Crippen LogP contribution in [0.3, 0.4) is 0 Å². The van der Waals surface area contributed by atoms with Gasteiger partial charge in [0.1, 0.15) is 11.3 Å². The van der Waals surface area contributed by atoms with Crippen molar-refractivity contribution >= 4 is 23.3 Å². The van der Waals surface area contributed by atoms with Crippen LogP contribution in [-0.2, 0) is 13.0 Å². The van der Waals surface area contributed by atoms with E-state index in [-0.39, 0.29) is 0 Å². The van der Waals surface area contributed by atoms with Crippen LogP contribution in [-0.4, -0.2) is 26.8 Å². The number of aromatic nitrogens is 4. The van der Waals surface area contributed by atoms with Crippen LogP contribution >= 0.6 is 12.2 Å². The molecule has 0 radical (unpaired) electrons. The number of nitrogens with one attached hydrogen (secondary N) is 1. The third kappa shape index (κ3) is 2.12. The minimum Gasteiger partial charge on any atom is -0.494 e. The number of benzene rings is 1. The van der Waals surface area contributed by atoms with E-state index in [0.717, 1.165) is 16.8 Å². The number of methoxy groups -OCH3 is 1. The van der Waals surface area contributed by atoms with E-state index in [4.69, 9.17) is 21.5 Å². The van der Waals surface area contributed by atoms with E-state index in [0.29, 0.717) is 23.6 Å². The molecule has 0 amide bonds. The monoisotopic (exact) mass is 276 g/mol. The van der Waals surface area contributed by atoms with Crippen molar-refractivity contribution in [1.82, 2.24) is 19.7 Å². The summed E-state index contributed by atoms with van der Waals surface area (Å²) in [6.07, 6.45) is 2.03. The van der Waals surface area contributed by atoms with Gasteiger partial charge in [0, 0.05) is 13.0 Å². The van der Waals surface area contributed by atoms with E-state index < -0.39 is 0 Å². The number of ether oxygens (including phenoxy) is 1. The first-order valence-corrected chi connectivity index (χ1v) is 6.21. The van der Waals surface area contributed by atoms with Crippen LogP contribution in [0.25, 0.3) is 11.0 Å². The zero-order chi connectivity index (χ0) is 13.2. The molecule has 0 unspecified atom stereocenters. The summed E-state index contributed by atoms with van der Waals surface area (Å²) in [7, 11) is 1.64. The fourth-order valence-electron chi connectivity index (χ4n) is 2.06. The summed E-state index contributed by atoms with van der Waals surface area (Å²) in [4.78, 5) is 7.16.